The lowest BCUT2D eigenvalue weighted by atomic mass is 10.2. The molecule has 0 aliphatic carbocycles. The highest BCUT2D eigenvalue weighted by atomic mass is 19.4. The summed E-state index contributed by atoms with van der Waals surface area (Å²) in [4.78, 5) is 13.4. The zero-order chi connectivity index (χ0) is 18.4. The van der Waals surface area contributed by atoms with Gasteiger partial charge in [0, 0.05) is 12.7 Å². The van der Waals surface area contributed by atoms with Crippen LogP contribution in [0, 0.1) is 0 Å². The number of ether oxygens (including phenoxy) is 2. The predicted molar refractivity (Wildman–Crippen MR) is 87.7 cm³/mol. The molecular formula is C18H18F3NO3. The lowest BCUT2D eigenvalue weighted by Gasteiger charge is -2.20. The van der Waals surface area contributed by atoms with Crippen LogP contribution in [0.5, 0.6) is 5.75 Å². The van der Waals surface area contributed by atoms with Crippen molar-refractivity contribution in [2.24, 2.45) is 0 Å². The molecule has 4 nitrogen and oxygen atoms in total. The number of hydrogen-bond acceptors (Lipinski definition) is 3. The number of carbonyl (C=O) groups is 1. The minimum absolute atomic E-state index is 0.0598. The molecule has 2 aromatic rings. The maximum atomic E-state index is 12.7. The van der Waals surface area contributed by atoms with Crippen molar-refractivity contribution in [3.05, 3.63) is 60.2 Å². The highest BCUT2D eigenvalue weighted by molar-refractivity contribution is 5.86. The van der Waals surface area contributed by atoms with E-state index in [1.807, 2.05) is 6.07 Å². The standard InChI is InChI=1S/C18H18F3NO3/c1-13(25-17(23)22(2)15-8-4-3-5-9-15)12-24-16-10-6-7-14(11-16)18(19,20)21/h3-11,13H,12H2,1-2H3. The van der Waals surface area contributed by atoms with E-state index in [1.54, 1.807) is 38.2 Å². The van der Waals surface area contributed by atoms with Crippen molar-refractivity contribution in [2.45, 2.75) is 19.2 Å². The first kappa shape index (κ1) is 18.6. The van der Waals surface area contributed by atoms with Gasteiger partial charge in [-0.15, -0.1) is 0 Å². The third-order valence-electron chi connectivity index (χ3n) is 3.37. The Hall–Kier alpha value is -2.70. The van der Waals surface area contributed by atoms with Gasteiger partial charge in [0.05, 0.1) is 5.56 Å². The van der Waals surface area contributed by atoms with Gasteiger partial charge in [-0.3, -0.25) is 4.90 Å². The van der Waals surface area contributed by atoms with E-state index in [4.69, 9.17) is 9.47 Å². The average molecular weight is 353 g/mol. The van der Waals surface area contributed by atoms with Crippen LogP contribution in [0.2, 0.25) is 0 Å². The number of halogens is 3. The zero-order valence-electron chi connectivity index (χ0n) is 13.8. The Morgan fingerprint density at radius 3 is 2.44 bits per heavy atom. The van der Waals surface area contributed by atoms with Crippen molar-refractivity contribution in [3.63, 3.8) is 0 Å². The number of amides is 1. The first-order chi connectivity index (χ1) is 11.8. The molecular weight excluding hydrogens is 335 g/mol. The summed E-state index contributed by atoms with van der Waals surface area (Å²) in [6.45, 7) is 1.54. The summed E-state index contributed by atoms with van der Waals surface area (Å²) >= 11 is 0. The Morgan fingerprint density at radius 1 is 1.12 bits per heavy atom. The van der Waals surface area contributed by atoms with Crippen LogP contribution >= 0.6 is 0 Å². The molecule has 0 aliphatic rings. The summed E-state index contributed by atoms with van der Waals surface area (Å²) < 4.78 is 48.5. The summed E-state index contributed by atoms with van der Waals surface area (Å²) in [5.41, 5.74) is -0.128. The number of para-hydroxylation sites is 1. The number of hydrogen-bond donors (Lipinski definition) is 0. The second kappa shape index (κ2) is 7.92. The van der Waals surface area contributed by atoms with Crippen LogP contribution in [0.4, 0.5) is 23.7 Å². The Morgan fingerprint density at radius 2 is 1.80 bits per heavy atom. The van der Waals surface area contributed by atoms with Crippen LogP contribution in [0.1, 0.15) is 12.5 Å². The molecule has 0 bridgehead atoms. The van der Waals surface area contributed by atoms with Gasteiger partial charge in [0.15, 0.2) is 0 Å². The number of carbonyl (C=O) groups excluding carboxylic acids is 1. The predicted octanol–water partition coefficient (Wildman–Crippen LogP) is 4.75. The van der Waals surface area contributed by atoms with Gasteiger partial charge in [0.25, 0.3) is 0 Å². The molecule has 2 aromatic carbocycles. The Kier molecular flexibility index (Phi) is 5.90. The quantitative estimate of drug-likeness (QED) is 0.779. The summed E-state index contributed by atoms with van der Waals surface area (Å²) in [6.07, 6.45) is -5.64. The monoisotopic (exact) mass is 353 g/mol. The van der Waals surface area contributed by atoms with E-state index in [0.717, 1.165) is 12.1 Å². The topological polar surface area (TPSA) is 38.8 Å². The summed E-state index contributed by atoms with van der Waals surface area (Å²) in [5, 5.41) is 0. The minimum atomic E-state index is -4.43. The molecule has 0 radical (unpaired) electrons. The van der Waals surface area contributed by atoms with Crippen LogP contribution in [0.15, 0.2) is 54.6 Å². The molecule has 134 valence electrons. The summed E-state index contributed by atoms with van der Waals surface area (Å²) in [6, 6.07) is 13.5. The van der Waals surface area contributed by atoms with Gasteiger partial charge >= 0.3 is 12.3 Å². The third kappa shape index (κ3) is 5.41. The third-order valence-corrected chi connectivity index (χ3v) is 3.37. The fourth-order valence-corrected chi connectivity index (χ4v) is 2.02. The first-order valence-corrected chi connectivity index (χ1v) is 7.57. The lowest BCUT2D eigenvalue weighted by molar-refractivity contribution is -0.137. The van der Waals surface area contributed by atoms with Crippen molar-refractivity contribution < 1.29 is 27.4 Å². The number of anilines is 1. The van der Waals surface area contributed by atoms with Crippen LogP contribution in [-0.2, 0) is 10.9 Å². The molecule has 0 saturated carbocycles. The molecule has 0 N–H and O–H groups in total. The zero-order valence-corrected chi connectivity index (χ0v) is 13.8. The largest absolute Gasteiger partial charge is 0.490 e. The van der Waals surface area contributed by atoms with Gasteiger partial charge in [0.1, 0.15) is 18.5 Å². The van der Waals surface area contributed by atoms with Crippen LogP contribution in [-0.4, -0.2) is 25.9 Å². The van der Waals surface area contributed by atoms with E-state index >= 15 is 0 Å². The maximum Gasteiger partial charge on any atom is 0.416 e. The smallest absolute Gasteiger partial charge is 0.416 e. The number of nitrogens with zero attached hydrogens (tertiary/aromatic N) is 1. The second-order valence-corrected chi connectivity index (χ2v) is 5.43. The lowest BCUT2D eigenvalue weighted by Crippen LogP contribution is -2.32. The first-order valence-electron chi connectivity index (χ1n) is 7.57. The Balaban J connectivity index is 1.88. The van der Waals surface area contributed by atoms with Gasteiger partial charge in [-0.1, -0.05) is 24.3 Å². The molecule has 7 heteroatoms. The van der Waals surface area contributed by atoms with Crippen molar-refractivity contribution in [1.29, 1.82) is 0 Å². The van der Waals surface area contributed by atoms with Crippen LogP contribution in [0.3, 0.4) is 0 Å². The Labute approximate surface area is 143 Å². The summed E-state index contributed by atoms with van der Waals surface area (Å²) in [7, 11) is 1.57. The van der Waals surface area contributed by atoms with Gasteiger partial charge in [0.2, 0.25) is 0 Å². The molecule has 1 unspecified atom stereocenters. The minimum Gasteiger partial charge on any atom is -0.490 e. The number of alkyl halides is 3. The molecule has 1 amide bonds. The molecule has 0 heterocycles. The SMILES string of the molecule is CC(COc1cccc(C(F)(F)F)c1)OC(=O)N(C)c1ccccc1. The van der Waals surface area contributed by atoms with Crippen LogP contribution in [0.25, 0.3) is 0 Å². The molecule has 0 spiro atoms. The molecule has 0 fully saturated rings. The van der Waals surface area contributed by atoms with Crippen molar-refractivity contribution in [2.75, 3.05) is 18.6 Å². The summed E-state index contributed by atoms with van der Waals surface area (Å²) in [5.74, 6) is 0.0640. The van der Waals surface area contributed by atoms with E-state index in [1.165, 1.54) is 17.0 Å². The van der Waals surface area contributed by atoms with E-state index in [-0.39, 0.29) is 12.4 Å². The molecule has 0 aromatic heterocycles. The fraction of sp³-hybridized carbons (Fsp3) is 0.278. The normalized spacial score (nSPS) is 12.4. The number of benzene rings is 2. The fourth-order valence-electron chi connectivity index (χ4n) is 2.02. The van der Waals surface area contributed by atoms with Gasteiger partial charge in [-0.25, -0.2) is 4.79 Å². The highest BCUT2D eigenvalue weighted by Crippen LogP contribution is 2.31. The van der Waals surface area contributed by atoms with Crippen molar-refractivity contribution >= 4 is 11.8 Å². The molecule has 25 heavy (non-hydrogen) atoms. The van der Waals surface area contributed by atoms with E-state index in [0.29, 0.717) is 5.69 Å². The molecule has 1 atom stereocenters. The van der Waals surface area contributed by atoms with Crippen LogP contribution < -0.4 is 9.64 Å². The number of rotatable bonds is 5. The molecule has 2 rings (SSSR count). The molecule has 0 saturated heterocycles. The van der Waals surface area contributed by atoms with Gasteiger partial charge in [-0.05, 0) is 37.3 Å². The van der Waals surface area contributed by atoms with E-state index in [9.17, 15) is 18.0 Å². The maximum absolute atomic E-state index is 12.7. The van der Waals surface area contributed by atoms with E-state index < -0.39 is 23.9 Å². The van der Waals surface area contributed by atoms with Crippen molar-refractivity contribution in [3.8, 4) is 5.75 Å². The van der Waals surface area contributed by atoms with Crippen molar-refractivity contribution in [1.82, 2.24) is 0 Å². The molecule has 0 aliphatic heterocycles. The van der Waals surface area contributed by atoms with E-state index in [2.05, 4.69) is 0 Å². The highest BCUT2D eigenvalue weighted by Gasteiger charge is 2.30. The van der Waals surface area contributed by atoms with Gasteiger partial charge in [-0.2, -0.15) is 13.2 Å². The Bertz CT molecular complexity index is 704. The average Bonchev–Trinajstić information content (AvgIpc) is 2.59. The second-order valence-electron chi connectivity index (χ2n) is 5.43. The van der Waals surface area contributed by atoms with Gasteiger partial charge < -0.3 is 9.47 Å².